The molecule has 2 fully saturated rings. The maximum atomic E-state index is 14.3. The summed E-state index contributed by atoms with van der Waals surface area (Å²) in [5, 5.41) is 9.29. The Morgan fingerprint density at radius 2 is 1.82 bits per heavy atom. The van der Waals surface area contributed by atoms with E-state index in [1.165, 1.54) is 0 Å². The molecular weight excluding hydrogens is 436 g/mol. The van der Waals surface area contributed by atoms with Crippen LogP contribution in [0.15, 0.2) is 24.3 Å². The van der Waals surface area contributed by atoms with Crippen molar-refractivity contribution in [3.63, 3.8) is 0 Å². The first-order valence-electron chi connectivity index (χ1n) is 12.3. The highest BCUT2D eigenvalue weighted by Gasteiger charge is 2.72. The number of aliphatic hydroxyl groups is 1. The summed E-state index contributed by atoms with van der Waals surface area (Å²) in [6, 6.07) is -0.866. The number of unbranched alkanes of at least 4 members (excludes halogenated alkanes) is 1. The van der Waals surface area contributed by atoms with Crippen molar-refractivity contribution < 1.29 is 29.0 Å². The Hall–Kier alpha value is -2.19. The smallest absolute Gasteiger partial charge is 0.313 e. The molecule has 8 heteroatoms. The van der Waals surface area contributed by atoms with Gasteiger partial charge in [0.2, 0.25) is 11.8 Å². The van der Waals surface area contributed by atoms with Crippen molar-refractivity contribution in [3.05, 3.63) is 24.3 Å². The van der Waals surface area contributed by atoms with E-state index in [1.807, 2.05) is 17.1 Å². The molecule has 0 radical (unpaired) electrons. The highest BCUT2D eigenvalue weighted by atomic mass is 16.6. The molecule has 4 aliphatic heterocycles. The third kappa shape index (κ3) is 4.09. The van der Waals surface area contributed by atoms with Crippen LogP contribution in [0, 0.1) is 17.3 Å². The summed E-state index contributed by atoms with van der Waals surface area (Å²) in [4.78, 5) is 44.5. The lowest BCUT2D eigenvalue weighted by atomic mass is 9.77. The van der Waals surface area contributed by atoms with Crippen LogP contribution < -0.4 is 0 Å². The lowest BCUT2D eigenvalue weighted by Crippen LogP contribution is -2.59. The highest BCUT2D eigenvalue weighted by molar-refractivity contribution is 5.99. The number of ether oxygens (including phenoxy) is 2. The zero-order valence-electron chi connectivity index (χ0n) is 21.0. The van der Waals surface area contributed by atoms with Crippen molar-refractivity contribution in [1.82, 2.24) is 9.80 Å². The Labute approximate surface area is 201 Å². The van der Waals surface area contributed by atoms with Crippen LogP contribution in [0.25, 0.3) is 0 Å². The monoisotopic (exact) mass is 474 g/mol. The van der Waals surface area contributed by atoms with Gasteiger partial charge >= 0.3 is 5.97 Å². The predicted octanol–water partition coefficient (Wildman–Crippen LogP) is 2.07. The molecule has 0 aliphatic carbocycles. The molecule has 4 rings (SSSR count). The number of carbonyl (C=O) groups excluding carboxylic acids is 3. The topological polar surface area (TPSA) is 96.4 Å². The summed E-state index contributed by atoms with van der Waals surface area (Å²) in [5.74, 6) is -2.48. The number of nitrogens with zero attached hydrogens (tertiary/aromatic N) is 2. The standard InChI is InChI=1S/C26H38N2O6/c1-24(2,3)16-25(4,5)28-13-9-11-26-19(18-17(34-26)10-8-15-33-23(18)32)21(30)27(12-6-7-14-29)20(26)22(28)31/h8-11,17-20,29H,6-7,12-16H2,1-5H3/t17-,18+,19+,20?,26+/m1/s1. The van der Waals surface area contributed by atoms with Gasteiger partial charge in [-0.1, -0.05) is 39.0 Å². The molecule has 2 amide bonds. The maximum Gasteiger partial charge on any atom is 0.313 e. The zero-order chi connectivity index (χ0) is 24.9. The number of likely N-dealkylation sites (tertiary alicyclic amines) is 1. The SMILES string of the molecule is CC(C)(C)CC(C)(C)N1CC=C[C@]23O[C@@H]4C=CCOC(=O)[C@@H]4[C@H]2C(=O)N(CCCCO)C3C1=O. The highest BCUT2D eigenvalue weighted by Crippen LogP contribution is 2.53. The van der Waals surface area contributed by atoms with Crippen molar-refractivity contribution in [2.45, 2.75) is 77.2 Å². The van der Waals surface area contributed by atoms with Crippen molar-refractivity contribution in [2.24, 2.45) is 17.3 Å². The normalized spacial score (nSPS) is 33.4. The van der Waals surface area contributed by atoms with Crippen LogP contribution in [0.5, 0.6) is 0 Å². The summed E-state index contributed by atoms with van der Waals surface area (Å²) >= 11 is 0. The van der Waals surface area contributed by atoms with Gasteiger partial charge in [0.1, 0.15) is 24.2 Å². The third-order valence-electron chi connectivity index (χ3n) is 7.41. The van der Waals surface area contributed by atoms with Gasteiger partial charge in [0, 0.05) is 25.2 Å². The molecule has 8 nitrogen and oxygen atoms in total. The number of amides is 2. The second-order valence-electron chi connectivity index (χ2n) is 11.8. The van der Waals surface area contributed by atoms with Gasteiger partial charge in [-0.3, -0.25) is 14.4 Å². The molecule has 4 heterocycles. The zero-order valence-corrected chi connectivity index (χ0v) is 21.0. The van der Waals surface area contributed by atoms with Crippen molar-refractivity contribution in [3.8, 4) is 0 Å². The fourth-order valence-electron chi connectivity index (χ4n) is 6.54. The average Bonchev–Trinajstić information content (AvgIpc) is 3.00. The molecule has 1 spiro atoms. The molecule has 4 aliphatic rings. The van der Waals surface area contributed by atoms with Gasteiger partial charge in [-0.25, -0.2) is 0 Å². The van der Waals surface area contributed by atoms with Crippen molar-refractivity contribution in [1.29, 1.82) is 0 Å². The Morgan fingerprint density at radius 1 is 1.09 bits per heavy atom. The molecule has 188 valence electrons. The van der Waals surface area contributed by atoms with Gasteiger partial charge in [-0.05, 0) is 44.6 Å². The summed E-state index contributed by atoms with van der Waals surface area (Å²) in [6.07, 6.45) is 8.54. The number of esters is 1. The lowest BCUT2D eigenvalue weighted by molar-refractivity contribution is -0.154. The molecule has 5 atom stereocenters. The molecule has 0 bridgehead atoms. The van der Waals surface area contributed by atoms with Gasteiger partial charge in [0.15, 0.2) is 0 Å². The average molecular weight is 475 g/mol. The molecule has 1 unspecified atom stereocenters. The van der Waals surface area contributed by atoms with Gasteiger partial charge in [-0.2, -0.15) is 0 Å². The minimum atomic E-state index is -1.23. The number of aliphatic hydroxyl groups excluding tert-OH is 1. The van der Waals surface area contributed by atoms with Crippen molar-refractivity contribution >= 4 is 17.8 Å². The Bertz CT molecular complexity index is 903. The molecule has 1 N–H and O–H groups in total. The van der Waals surface area contributed by atoms with Gasteiger partial charge in [0.05, 0.1) is 12.0 Å². The number of rotatable bonds is 6. The van der Waals surface area contributed by atoms with Gasteiger partial charge in [-0.15, -0.1) is 0 Å². The minimum absolute atomic E-state index is 0.00205. The van der Waals surface area contributed by atoms with Crippen LogP contribution in [0.4, 0.5) is 0 Å². The van der Waals surface area contributed by atoms with E-state index in [0.29, 0.717) is 25.9 Å². The minimum Gasteiger partial charge on any atom is -0.461 e. The summed E-state index contributed by atoms with van der Waals surface area (Å²) in [6.45, 7) is 11.5. The Balaban J connectivity index is 1.77. The molecule has 2 saturated heterocycles. The first kappa shape index (κ1) is 24.9. The quantitative estimate of drug-likeness (QED) is 0.360. The van der Waals surface area contributed by atoms with Crippen LogP contribution in [0.2, 0.25) is 0 Å². The summed E-state index contributed by atoms with van der Waals surface area (Å²) in [5.41, 5.74) is -1.68. The summed E-state index contributed by atoms with van der Waals surface area (Å²) < 4.78 is 11.9. The number of fused-ring (bicyclic) bond motifs is 2. The number of carbonyl (C=O) groups is 3. The van der Waals surface area contributed by atoms with E-state index in [1.54, 1.807) is 17.1 Å². The van der Waals surface area contributed by atoms with Crippen molar-refractivity contribution in [2.75, 3.05) is 26.3 Å². The van der Waals surface area contributed by atoms with E-state index in [4.69, 9.17) is 9.47 Å². The maximum absolute atomic E-state index is 14.3. The molecule has 0 aromatic rings. The van der Waals surface area contributed by atoms with E-state index >= 15 is 0 Å². The van der Waals surface area contributed by atoms with E-state index in [2.05, 4.69) is 34.6 Å². The predicted molar refractivity (Wildman–Crippen MR) is 126 cm³/mol. The fraction of sp³-hybridized carbons (Fsp3) is 0.731. The molecule has 34 heavy (non-hydrogen) atoms. The molecule has 0 saturated carbocycles. The molecular formula is C26H38N2O6. The van der Waals surface area contributed by atoms with E-state index < -0.39 is 41.1 Å². The first-order valence-corrected chi connectivity index (χ1v) is 12.3. The van der Waals surface area contributed by atoms with Gasteiger partial charge in [0.25, 0.3) is 0 Å². The Kier molecular flexibility index (Phi) is 6.44. The first-order chi connectivity index (χ1) is 15.9. The van der Waals surface area contributed by atoms with Gasteiger partial charge < -0.3 is 24.4 Å². The van der Waals surface area contributed by atoms with Crippen LogP contribution in [-0.2, 0) is 23.9 Å². The van der Waals surface area contributed by atoms with E-state index in [-0.39, 0.29) is 30.4 Å². The van der Waals surface area contributed by atoms with E-state index in [9.17, 15) is 19.5 Å². The fourth-order valence-corrected chi connectivity index (χ4v) is 6.54. The lowest BCUT2D eigenvalue weighted by Gasteiger charge is -2.44. The van der Waals surface area contributed by atoms with Crippen LogP contribution in [0.1, 0.15) is 53.9 Å². The van der Waals surface area contributed by atoms with Crippen LogP contribution in [-0.4, -0.2) is 82.3 Å². The largest absolute Gasteiger partial charge is 0.461 e. The molecule has 0 aromatic carbocycles. The van der Waals surface area contributed by atoms with Crippen LogP contribution >= 0.6 is 0 Å². The number of cyclic esters (lactones) is 1. The number of hydrogen-bond donors (Lipinski definition) is 1. The van der Waals surface area contributed by atoms with E-state index in [0.717, 1.165) is 6.42 Å². The number of hydrogen-bond acceptors (Lipinski definition) is 6. The molecule has 0 aromatic heterocycles. The van der Waals surface area contributed by atoms with Crippen LogP contribution in [0.3, 0.4) is 0 Å². The third-order valence-corrected chi connectivity index (χ3v) is 7.41. The second-order valence-corrected chi connectivity index (χ2v) is 11.8. The Morgan fingerprint density at radius 3 is 2.50 bits per heavy atom. The second kappa shape index (κ2) is 8.79. The summed E-state index contributed by atoms with van der Waals surface area (Å²) in [7, 11) is 0.